The van der Waals surface area contributed by atoms with Crippen molar-refractivity contribution in [3.8, 4) is 11.5 Å². The highest BCUT2D eigenvalue weighted by atomic mass is 16.5. The molecule has 3 aromatic carbocycles. The summed E-state index contributed by atoms with van der Waals surface area (Å²) in [6.07, 6.45) is 0. The first-order chi connectivity index (χ1) is 12.7. The number of para-hydroxylation sites is 1. The summed E-state index contributed by atoms with van der Waals surface area (Å²) in [6, 6.07) is 22.6. The standard InChI is InChI=1S/C22H21NO3/c1-16-7-6-8-19(13-16)23-22(24)17-11-12-21(25-2)18(14-17)15-26-20-9-4-3-5-10-20/h3-14H,15H2,1-2H3,(H,23,24). The Morgan fingerprint density at radius 3 is 2.50 bits per heavy atom. The second-order valence-electron chi connectivity index (χ2n) is 5.95. The monoisotopic (exact) mass is 347 g/mol. The molecule has 26 heavy (non-hydrogen) atoms. The molecule has 0 aromatic heterocycles. The highest BCUT2D eigenvalue weighted by Crippen LogP contribution is 2.23. The third kappa shape index (κ3) is 4.42. The van der Waals surface area contributed by atoms with Gasteiger partial charge in [0.1, 0.15) is 18.1 Å². The molecule has 0 spiro atoms. The van der Waals surface area contributed by atoms with Gasteiger partial charge in [-0.3, -0.25) is 4.79 Å². The summed E-state index contributed by atoms with van der Waals surface area (Å²) in [4.78, 5) is 12.6. The first-order valence-corrected chi connectivity index (χ1v) is 8.38. The zero-order chi connectivity index (χ0) is 18.4. The minimum absolute atomic E-state index is 0.167. The Kier molecular flexibility index (Phi) is 5.54. The van der Waals surface area contributed by atoms with E-state index in [2.05, 4.69) is 5.32 Å². The second-order valence-corrected chi connectivity index (χ2v) is 5.95. The van der Waals surface area contributed by atoms with Gasteiger partial charge in [-0.2, -0.15) is 0 Å². The molecule has 3 rings (SSSR count). The third-order valence-electron chi connectivity index (χ3n) is 3.96. The maximum atomic E-state index is 12.6. The summed E-state index contributed by atoms with van der Waals surface area (Å²) in [6.45, 7) is 2.31. The van der Waals surface area contributed by atoms with E-state index in [0.29, 0.717) is 17.9 Å². The van der Waals surface area contributed by atoms with Crippen molar-refractivity contribution in [2.75, 3.05) is 12.4 Å². The summed E-state index contributed by atoms with van der Waals surface area (Å²) in [7, 11) is 1.61. The summed E-state index contributed by atoms with van der Waals surface area (Å²) >= 11 is 0. The predicted molar refractivity (Wildman–Crippen MR) is 103 cm³/mol. The molecule has 0 heterocycles. The van der Waals surface area contributed by atoms with E-state index < -0.39 is 0 Å². The van der Waals surface area contributed by atoms with E-state index in [0.717, 1.165) is 22.6 Å². The van der Waals surface area contributed by atoms with E-state index >= 15 is 0 Å². The van der Waals surface area contributed by atoms with Crippen molar-refractivity contribution in [1.82, 2.24) is 0 Å². The number of rotatable bonds is 6. The Morgan fingerprint density at radius 1 is 0.962 bits per heavy atom. The molecule has 1 N–H and O–H groups in total. The fourth-order valence-electron chi connectivity index (χ4n) is 2.64. The van der Waals surface area contributed by atoms with Crippen LogP contribution in [0.2, 0.25) is 0 Å². The quantitative estimate of drug-likeness (QED) is 0.694. The highest BCUT2D eigenvalue weighted by Gasteiger charge is 2.11. The number of amides is 1. The molecular weight excluding hydrogens is 326 g/mol. The van der Waals surface area contributed by atoms with Gasteiger partial charge >= 0.3 is 0 Å². The predicted octanol–water partition coefficient (Wildman–Crippen LogP) is 4.83. The number of methoxy groups -OCH3 is 1. The van der Waals surface area contributed by atoms with Crippen LogP contribution in [0.5, 0.6) is 11.5 Å². The number of hydrogen-bond acceptors (Lipinski definition) is 3. The molecule has 0 fully saturated rings. The lowest BCUT2D eigenvalue weighted by molar-refractivity contribution is 0.102. The van der Waals surface area contributed by atoms with Gasteiger partial charge in [-0.15, -0.1) is 0 Å². The molecule has 0 atom stereocenters. The van der Waals surface area contributed by atoms with Crippen LogP contribution in [0.25, 0.3) is 0 Å². The fourth-order valence-corrected chi connectivity index (χ4v) is 2.64. The topological polar surface area (TPSA) is 47.6 Å². The lowest BCUT2D eigenvalue weighted by Gasteiger charge is -2.12. The summed E-state index contributed by atoms with van der Waals surface area (Å²) in [5, 5.41) is 2.92. The Bertz CT molecular complexity index is 891. The summed E-state index contributed by atoms with van der Waals surface area (Å²) in [5.41, 5.74) is 3.23. The van der Waals surface area contributed by atoms with Gasteiger partial charge in [0.05, 0.1) is 7.11 Å². The van der Waals surface area contributed by atoms with Crippen molar-refractivity contribution < 1.29 is 14.3 Å². The van der Waals surface area contributed by atoms with Crippen LogP contribution in [-0.2, 0) is 6.61 Å². The number of benzene rings is 3. The van der Waals surface area contributed by atoms with Crippen molar-refractivity contribution >= 4 is 11.6 Å². The van der Waals surface area contributed by atoms with E-state index in [9.17, 15) is 4.79 Å². The molecule has 4 heteroatoms. The lowest BCUT2D eigenvalue weighted by atomic mass is 10.1. The second kappa shape index (κ2) is 8.21. The summed E-state index contributed by atoms with van der Waals surface area (Å²) < 4.78 is 11.2. The van der Waals surface area contributed by atoms with Crippen LogP contribution < -0.4 is 14.8 Å². The van der Waals surface area contributed by atoms with Crippen LogP contribution in [-0.4, -0.2) is 13.0 Å². The van der Waals surface area contributed by atoms with Gasteiger partial charge in [-0.1, -0.05) is 30.3 Å². The molecule has 0 radical (unpaired) electrons. The minimum atomic E-state index is -0.167. The Balaban J connectivity index is 1.76. The van der Waals surface area contributed by atoms with Crippen molar-refractivity contribution in [1.29, 1.82) is 0 Å². The molecule has 132 valence electrons. The van der Waals surface area contributed by atoms with E-state index in [1.807, 2.05) is 61.5 Å². The molecule has 4 nitrogen and oxygen atoms in total. The van der Waals surface area contributed by atoms with Crippen molar-refractivity contribution in [2.45, 2.75) is 13.5 Å². The van der Waals surface area contributed by atoms with Crippen molar-refractivity contribution in [2.24, 2.45) is 0 Å². The SMILES string of the molecule is COc1ccc(C(=O)Nc2cccc(C)c2)cc1COc1ccccc1. The molecule has 0 aliphatic heterocycles. The van der Waals surface area contributed by atoms with E-state index in [-0.39, 0.29) is 5.91 Å². The molecule has 0 saturated carbocycles. The Hall–Kier alpha value is -3.27. The van der Waals surface area contributed by atoms with Crippen LogP contribution in [0.1, 0.15) is 21.5 Å². The molecule has 0 aliphatic rings. The number of nitrogens with one attached hydrogen (secondary N) is 1. The fraction of sp³-hybridized carbons (Fsp3) is 0.136. The number of carbonyl (C=O) groups is 1. The number of hydrogen-bond donors (Lipinski definition) is 1. The molecular formula is C22H21NO3. The smallest absolute Gasteiger partial charge is 0.255 e. The normalized spacial score (nSPS) is 10.2. The average molecular weight is 347 g/mol. The highest BCUT2D eigenvalue weighted by molar-refractivity contribution is 6.04. The Labute approximate surface area is 153 Å². The van der Waals surface area contributed by atoms with Gasteiger partial charge in [0.2, 0.25) is 0 Å². The molecule has 3 aromatic rings. The minimum Gasteiger partial charge on any atom is -0.496 e. The van der Waals surface area contributed by atoms with Crippen molar-refractivity contribution in [3.63, 3.8) is 0 Å². The third-order valence-corrected chi connectivity index (χ3v) is 3.96. The van der Waals surface area contributed by atoms with Gasteiger partial charge in [-0.05, 0) is 55.0 Å². The van der Waals surface area contributed by atoms with Gasteiger partial charge in [-0.25, -0.2) is 0 Å². The van der Waals surface area contributed by atoms with Crippen LogP contribution in [0, 0.1) is 6.92 Å². The first kappa shape index (κ1) is 17.5. The number of carbonyl (C=O) groups excluding carboxylic acids is 1. The Morgan fingerprint density at radius 2 is 1.77 bits per heavy atom. The van der Waals surface area contributed by atoms with E-state index in [1.165, 1.54) is 0 Å². The van der Waals surface area contributed by atoms with Gasteiger partial charge in [0.25, 0.3) is 5.91 Å². The molecule has 0 aliphatic carbocycles. The largest absolute Gasteiger partial charge is 0.496 e. The lowest BCUT2D eigenvalue weighted by Crippen LogP contribution is -2.13. The average Bonchev–Trinajstić information content (AvgIpc) is 2.67. The first-order valence-electron chi connectivity index (χ1n) is 8.38. The van der Waals surface area contributed by atoms with Crippen LogP contribution in [0.3, 0.4) is 0 Å². The zero-order valence-electron chi connectivity index (χ0n) is 14.9. The van der Waals surface area contributed by atoms with E-state index in [4.69, 9.17) is 9.47 Å². The van der Waals surface area contributed by atoms with Crippen LogP contribution in [0.15, 0.2) is 72.8 Å². The maximum absolute atomic E-state index is 12.6. The van der Waals surface area contributed by atoms with Gasteiger partial charge in [0, 0.05) is 16.8 Å². The maximum Gasteiger partial charge on any atom is 0.255 e. The van der Waals surface area contributed by atoms with Crippen LogP contribution in [0.4, 0.5) is 5.69 Å². The summed E-state index contributed by atoms with van der Waals surface area (Å²) in [5.74, 6) is 1.29. The van der Waals surface area contributed by atoms with Gasteiger partial charge < -0.3 is 14.8 Å². The van der Waals surface area contributed by atoms with Crippen LogP contribution >= 0.6 is 0 Å². The van der Waals surface area contributed by atoms with Crippen molar-refractivity contribution in [3.05, 3.63) is 89.5 Å². The molecule has 0 unspecified atom stereocenters. The van der Waals surface area contributed by atoms with E-state index in [1.54, 1.807) is 25.3 Å². The zero-order valence-corrected chi connectivity index (χ0v) is 14.9. The molecule has 0 saturated heterocycles. The molecule has 0 bridgehead atoms. The molecule has 1 amide bonds. The number of aryl methyl sites for hydroxylation is 1. The van der Waals surface area contributed by atoms with Gasteiger partial charge in [0.15, 0.2) is 0 Å². The number of ether oxygens (including phenoxy) is 2. The number of anilines is 1.